The van der Waals surface area contributed by atoms with Crippen LogP contribution in [0.2, 0.25) is 5.02 Å². The molecule has 0 bridgehead atoms. The van der Waals surface area contributed by atoms with Crippen molar-refractivity contribution < 1.29 is 0 Å². The van der Waals surface area contributed by atoms with E-state index < -0.39 is 0 Å². The highest BCUT2D eigenvalue weighted by Crippen LogP contribution is 2.34. The van der Waals surface area contributed by atoms with Crippen molar-refractivity contribution in [3.05, 3.63) is 125 Å². The molecule has 4 aromatic carbocycles. The molecule has 0 amide bonds. The van der Waals surface area contributed by atoms with Gasteiger partial charge < -0.3 is 4.90 Å². The number of para-hydroxylation sites is 1. The fraction of sp³-hybridized carbons (Fsp3) is 0.0370. The number of halogens is 1. The number of nitrogens with zero attached hydrogens (tertiary/aromatic N) is 1. The van der Waals surface area contributed by atoms with E-state index >= 15 is 0 Å². The maximum Gasteiger partial charge on any atom is 0.0462 e. The third-order valence-corrected chi connectivity index (χ3v) is 4.88. The number of hydrogen-bond donors (Lipinski definition) is 0. The molecule has 2 heteroatoms. The second-order valence-corrected chi connectivity index (χ2v) is 7.25. The first kappa shape index (κ1) is 18.9. The minimum atomic E-state index is 0.719. The molecule has 0 saturated carbocycles. The summed E-state index contributed by atoms with van der Waals surface area (Å²) >= 11 is 5.93. The lowest BCUT2D eigenvalue weighted by Crippen LogP contribution is -2.09. The molecule has 0 fully saturated rings. The summed E-state index contributed by atoms with van der Waals surface area (Å²) in [5.41, 5.74) is 6.51. The predicted molar refractivity (Wildman–Crippen MR) is 123 cm³/mol. The molecular weight excluding hydrogens is 374 g/mol. The van der Waals surface area contributed by atoms with Crippen molar-refractivity contribution in [3.8, 4) is 11.8 Å². The van der Waals surface area contributed by atoms with Crippen LogP contribution in [-0.4, -0.2) is 0 Å². The van der Waals surface area contributed by atoms with E-state index in [1.54, 1.807) is 0 Å². The van der Waals surface area contributed by atoms with E-state index in [2.05, 4.69) is 96.5 Å². The molecule has 29 heavy (non-hydrogen) atoms. The van der Waals surface area contributed by atoms with Crippen molar-refractivity contribution in [1.82, 2.24) is 0 Å². The van der Waals surface area contributed by atoms with Crippen molar-refractivity contribution >= 4 is 28.7 Å². The molecule has 0 aromatic heterocycles. The summed E-state index contributed by atoms with van der Waals surface area (Å²) in [4.78, 5) is 2.25. The first-order valence-electron chi connectivity index (χ1n) is 9.48. The maximum absolute atomic E-state index is 5.93. The van der Waals surface area contributed by atoms with Crippen molar-refractivity contribution in [2.24, 2.45) is 0 Å². The van der Waals surface area contributed by atoms with Gasteiger partial charge in [-0.3, -0.25) is 0 Å². The summed E-state index contributed by atoms with van der Waals surface area (Å²) in [6, 6.07) is 34.9. The lowest BCUT2D eigenvalue weighted by atomic mass is 10.1. The number of anilines is 3. The van der Waals surface area contributed by atoms with Gasteiger partial charge in [0.15, 0.2) is 0 Å². The topological polar surface area (TPSA) is 3.24 Å². The second kappa shape index (κ2) is 8.69. The molecule has 0 atom stereocenters. The minimum Gasteiger partial charge on any atom is -0.311 e. The quantitative estimate of drug-likeness (QED) is 0.325. The van der Waals surface area contributed by atoms with Gasteiger partial charge in [-0.25, -0.2) is 0 Å². The summed E-state index contributed by atoms with van der Waals surface area (Å²) in [6.07, 6.45) is 0. The molecule has 0 radical (unpaired) electrons. The van der Waals surface area contributed by atoms with Crippen molar-refractivity contribution in [2.45, 2.75) is 6.92 Å². The predicted octanol–water partition coefficient (Wildman–Crippen LogP) is 7.52. The maximum atomic E-state index is 5.93. The highest BCUT2D eigenvalue weighted by atomic mass is 35.5. The molecule has 4 aromatic rings. The summed E-state index contributed by atoms with van der Waals surface area (Å²) in [6.45, 7) is 2.10. The van der Waals surface area contributed by atoms with E-state index in [1.807, 2.05) is 30.3 Å². The Labute approximate surface area is 177 Å². The van der Waals surface area contributed by atoms with E-state index in [9.17, 15) is 0 Å². The van der Waals surface area contributed by atoms with Crippen molar-refractivity contribution in [3.63, 3.8) is 0 Å². The summed E-state index contributed by atoms with van der Waals surface area (Å²) in [5, 5.41) is 0.719. The molecule has 4 rings (SSSR count). The summed E-state index contributed by atoms with van der Waals surface area (Å²) in [7, 11) is 0. The smallest absolute Gasteiger partial charge is 0.0462 e. The van der Waals surface area contributed by atoms with Crippen LogP contribution in [0.15, 0.2) is 103 Å². The van der Waals surface area contributed by atoms with Gasteiger partial charge >= 0.3 is 0 Å². The van der Waals surface area contributed by atoms with Gasteiger partial charge in [0.05, 0.1) is 0 Å². The Bertz CT molecular complexity index is 1130. The van der Waals surface area contributed by atoms with Gasteiger partial charge in [0.2, 0.25) is 0 Å². The van der Waals surface area contributed by atoms with Gasteiger partial charge in [-0.15, -0.1) is 0 Å². The van der Waals surface area contributed by atoms with Gasteiger partial charge in [-0.1, -0.05) is 59.3 Å². The molecule has 0 spiro atoms. The summed E-state index contributed by atoms with van der Waals surface area (Å²) in [5.74, 6) is 6.41. The highest BCUT2D eigenvalue weighted by Gasteiger charge is 2.11. The lowest BCUT2D eigenvalue weighted by Gasteiger charge is -2.25. The average Bonchev–Trinajstić information content (AvgIpc) is 2.77. The Morgan fingerprint density at radius 3 is 1.55 bits per heavy atom. The molecule has 1 nitrogen and oxygen atoms in total. The van der Waals surface area contributed by atoms with Crippen molar-refractivity contribution in [1.29, 1.82) is 0 Å². The molecule has 0 heterocycles. The Kier molecular flexibility index (Phi) is 5.66. The van der Waals surface area contributed by atoms with Crippen LogP contribution in [0.25, 0.3) is 0 Å². The monoisotopic (exact) mass is 393 g/mol. The molecule has 140 valence electrons. The van der Waals surface area contributed by atoms with Crippen LogP contribution in [0.1, 0.15) is 16.7 Å². The third-order valence-electron chi connectivity index (χ3n) is 4.63. The molecule has 0 N–H and O–H groups in total. The largest absolute Gasteiger partial charge is 0.311 e. The Hall–Kier alpha value is -3.47. The Balaban J connectivity index is 1.65. The van der Waals surface area contributed by atoms with Gasteiger partial charge in [-0.05, 0) is 79.7 Å². The fourth-order valence-electron chi connectivity index (χ4n) is 3.09. The van der Waals surface area contributed by atoms with E-state index in [1.165, 1.54) is 5.56 Å². The number of rotatable bonds is 3. The zero-order chi connectivity index (χ0) is 20.1. The van der Waals surface area contributed by atoms with E-state index in [0.29, 0.717) is 0 Å². The third kappa shape index (κ3) is 4.69. The van der Waals surface area contributed by atoms with Gasteiger partial charge in [0.25, 0.3) is 0 Å². The first-order valence-corrected chi connectivity index (χ1v) is 9.86. The fourth-order valence-corrected chi connectivity index (χ4v) is 3.22. The number of benzene rings is 4. The van der Waals surface area contributed by atoms with Gasteiger partial charge in [0.1, 0.15) is 0 Å². The molecule has 0 unspecified atom stereocenters. The van der Waals surface area contributed by atoms with Crippen LogP contribution in [-0.2, 0) is 0 Å². The molecule has 0 aliphatic carbocycles. The molecule has 0 saturated heterocycles. The van der Waals surface area contributed by atoms with Gasteiger partial charge in [-0.2, -0.15) is 0 Å². The zero-order valence-corrected chi connectivity index (χ0v) is 16.9. The standard InChI is InChI=1S/C27H20ClN/c1-21-7-17-26(18-8-21)29(25-5-3-2-4-6-25)27-19-13-23(14-20-27)10-9-22-11-15-24(28)16-12-22/h2-8,11-20H,1H3. The SMILES string of the molecule is Cc1ccc(N(c2ccccc2)c2ccc(C#Cc3ccc(Cl)cc3)cc2)cc1. The van der Waals surface area contributed by atoms with Crippen LogP contribution in [0.5, 0.6) is 0 Å². The summed E-state index contributed by atoms with van der Waals surface area (Å²) < 4.78 is 0. The van der Waals surface area contributed by atoms with Crippen LogP contribution in [0, 0.1) is 18.8 Å². The first-order chi connectivity index (χ1) is 14.2. The lowest BCUT2D eigenvalue weighted by molar-refractivity contribution is 1.27. The van der Waals surface area contributed by atoms with Crippen LogP contribution in [0.4, 0.5) is 17.1 Å². The van der Waals surface area contributed by atoms with Crippen LogP contribution >= 0.6 is 11.6 Å². The van der Waals surface area contributed by atoms with Crippen LogP contribution < -0.4 is 4.90 Å². The molecule has 0 aliphatic heterocycles. The minimum absolute atomic E-state index is 0.719. The van der Waals surface area contributed by atoms with Crippen LogP contribution in [0.3, 0.4) is 0 Å². The molecule has 0 aliphatic rings. The van der Waals surface area contributed by atoms with Crippen molar-refractivity contribution in [2.75, 3.05) is 4.90 Å². The number of hydrogen-bond acceptors (Lipinski definition) is 1. The average molecular weight is 394 g/mol. The highest BCUT2D eigenvalue weighted by molar-refractivity contribution is 6.30. The van der Waals surface area contributed by atoms with Gasteiger partial charge in [0, 0.05) is 33.2 Å². The second-order valence-electron chi connectivity index (χ2n) is 6.81. The Morgan fingerprint density at radius 2 is 1.00 bits per heavy atom. The zero-order valence-electron chi connectivity index (χ0n) is 16.1. The van der Waals surface area contributed by atoms with E-state index in [-0.39, 0.29) is 0 Å². The Morgan fingerprint density at radius 1 is 0.552 bits per heavy atom. The molecular formula is C27H20ClN. The number of aryl methyl sites for hydroxylation is 1. The van der Waals surface area contributed by atoms with E-state index in [4.69, 9.17) is 11.6 Å². The normalized spacial score (nSPS) is 10.1. The van der Waals surface area contributed by atoms with E-state index in [0.717, 1.165) is 33.2 Å².